The Hall–Kier alpha value is -1.92. The molecular formula is C14H19F3N2O2. The summed E-state index contributed by atoms with van der Waals surface area (Å²) in [6.07, 6.45) is -2.91. The van der Waals surface area contributed by atoms with Gasteiger partial charge in [-0.2, -0.15) is 13.2 Å². The molecule has 1 aromatic carbocycles. The number of ether oxygens (including phenoxy) is 1. The molecular weight excluding hydrogens is 285 g/mol. The summed E-state index contributed by atoms with van der Waals surface area (Å²) < 4.78 is 44.2. The van der Waals surface area contributed by atoms with Gasteiger partial charge in [-0.05, 0) is 37.0 Å². The lowest BCUT2D eigenvalue weighted by molar-refractivity contribution is -0.137. The number of halogens is 3. The van der Waals surface area contributed by atoms with Gasteiger partial charge < -0.3 is 15.7 Å². The number of rotatable bonds is 6. The molecule has 1 rings (SSSR count). The molecule has 1 aromatic rings. The Bertz CT molecular complexity index is 499. The summed E-state index contributed by atoms with van der Waals surface area (Å²) in [5, 5.41) is 11.1. The zero-order valence-corrected chi connectivity index (χ0v) is 11.9. The van der Waals surface area contributed by atoms with Crippen molar-refractivity contribution in [2.75, 3.05) is 6.61 Å². The van der Waals surface area contributed by atoms with E-state index in [0.29, 0.717) is 12.5 Å². The predicted molar refractivity (Wildman–Crippen MR) is 73.5 cm³/mol. The number of nitrogens with two attached hydrogens (primary N) is 1. The van der Waals surface area contributed by atoms with Crippen LogP contribution in [0, 0.1) is 5.92 Å². The second-order valence-corrected chi connectivity index (χ2v) is 5.07. The fourth-order valence-corrected chi connectivity index (χ4v) is 1.81. The summed E-state index contributed by atoms with van der Waals surface area (Å²) in [6.45, 7) is 4.47. The minimum absolute atomic E-state index is 0.112. The van der Waals surface area contributed by atoms with E-state index >= 15 is 0 Å². The van der Waals surface area contributed by atoms with E-state index in [0.717, 1.165) is 25.0 Å². The van der Waals surface area contributed by atoms with Crippen LogP contribution >= 0.6 is 0 Å². The van der Waals surface area contributed by atoms with Gasteiger partial charge in [-0.25, -0.2) is 0 Å². The van der Waals surface area contributed by atoms with E-state index in [-0.39, 0.29) is 11.3 Å². The van der Waals surface area contributed by atoms with E-state index in [4.69, 9.17) is 15.7 Å². The molecule has 7 heteroatoms. The van der Waals surface area contributed by atoms with Crippen molar-refractivity contribution in [2.45, 2.75) is 32.9 Å². The molecule has 0 saturated carbocycles. The molecule has 0 unspecified atom stereocenters. The molecule has 0 aliphatic carbocycles. The summed E-state index contributed by atoms with van der Waals surface area (Å²) in [4.78, 5) is 0. The maximum atomic E-state index is 13.0. The lowest BCUT2D eigenvalue weighted by atomic mass is 10.1. The molecule has 118 valence electrons. The van der Waals surface area contributed by atoms with Gasteiger partial charge >= 0.3 is 6.18 Å². The Balaban J connectivity index is 2.90. The van der Waals surface area contributed by atoms with E-state index in [2.05, 4.69) is 19.0 Å². The first-order valence-corrected chi connectivity index (χ1v) is 6.57. The average Bonchev–Trinajstić information content (AvgIpc) is 2.41. The van der Waals surface area contributed by atoms with E-state index in [1.165, 1.54) is 6.07 Å². The summed E-state index contributed by atoms with van der Waals surface area (Å²) in [6, 6.07) is 3.37. The monoisotopic (exact) mass is 304 g/mol. The largest absolute Gasteiger partial charge is 0.494 e. The molecule has 0 saturated heterocycles. The second kappa shape index (κ2) is 7.19. The quantitative estimate of drug-likeness (QED) is 0.277. The van der Waals surface area contributed by atoms with Crippen molar-refractivity contribution in [1.29, 1.82) is 0 Å². The van der Waals surface area contributed by atoms with Gasteiger partial charge in [-0.15, -0.1) is 0 Å². The molecule has 0 aromatic heterocycles. The van der Waals surface area contributed by atoms with Crippen LogP contribution in [0.4, 0.5) is 13.2 Å². The molecule has 0 amide bonds. The van der Waals surface area contributed by atoms with E-state index in [9.17, 15) is 13.2 Å². The minimum Gasteiger partial charge on any atom is -0.494 e. The van der Waals surface area contributed by atoms with Gasteiger partial charge in [0.15, 0.2) is 5.84 Å². The smallest absolute Gasteiger partial charge is 0.417 e. The van der Waals surface area contributed by atoms with Crippen LogP contribution < -0.4 is 10.5 Å². The highest BCUT2D eigenvalue weighted by atomic mass is 19.4. The van der Waals surface area contributed by atoms with Crippen molar-refractivity contribution in [3.8, 4) is 5.75 Å². The highest BCUT2D eigenvalue weighted by Gasteiger charge is 2.35. The molecule has 0 aliphatic rings. The van der Waals surface area contributed by atoms with Gasteiger partial charge in [-0.3, -0.25) is 0 Å². The molecule has 0 heterocycles. The molecule has 0 aliphatic heterocycles. The standard InChI is InChI=1S/C14H19F3N2O2/c1-9(2)4-3-7-21-10-5-6-11(13(18)19-20)12(8-10)14(15,16)17/h5-6,8-9,20H,3-4,7H2,1-2H3,(H2,18,19). The third kappa shape index (κ3) is 5.17. The van der Waals surface area contributed by atoms with Crippen LogP contribution in [0.3, 0.4) is 0 Å². The normalized spacial score (nSPS) is 12.8. The number of benzene rings is 1. The first-order valence-electron chi connectivity index (χ1n) is 6.57. The molecule has 0 atom stereocenters. The highest BCUT2D eigenvalue weighted by Crippen LogP contribution is 2.34. The molecule has 3 N–H and O–H groups in total. The third-order valence-electron chi connectivity index (χ3n) is 2.87. The van der Waals surface area contributed by atoms with Gasteiger partial charge in [0.2, 0.25) is 0 Å². The summed E-state index contributed by atoms with van der Waals surface area (Å²) in [7, 11) is 0. The Labute approximate surface area is 121 Å². The Morgan fingerprint density at radius 2 is 2.05 bits per heavy atom. The fraction of sp³-hybridized carbons (Fsp3) is 0.500. The minimum atomic E-state index is -4.61. The van der Waals surface area contributed by atoms with Crippen LogP contribution in [0.15, 0.2) is 23.4 Å². The zero-order chi connectivity index (χ0) is 16.0. The summed E-state index contributed by atoms with van der Waals surface area (Å²) in [5.74, 6) is 0.0385. The van der Waals surface area contributed by atoms with Crippen LogP contribution in [-0.4, -0.2) is 17.6 Å². The average molecular weight is 304 g/mol. The van der Waals surface area contributed by atoms with Crippen LogP contribution in [0.2, 0.25) is 0 Å². The number of hydrogen-bond donors (Lipinski definition) is 2. The van der Waals surface area contributed by atoms with Crippen molar-refractivity contribution in [3.63, 3.8) is 0 Å². The number of hydrogen-bond acceptors (Lipinski definition) is 3. The van der Waals surface area contributed by atoms with Crippen molar-refractivity contribution in [2.24, 2.45) is 16.8 Å². The van der Waals surface area contributed by atoms with Crippen LogP contribution in [-0.2, 0) is 6.18 Å². The van der Waals surface area contributed by atoms with Gasteiger partial charge in [0, 0.05) is 5.56 Å². The van der Waals surface area contributed by atoms with Crippen molar-refractivity contribution < 1.29 is 23.1 Å². The van der Waals surface area contributed by atoms with Crippen molar-refractivity contribution in [1.82, 2.24) is 0 Å². The van der Waals surface area contributed by atoms with E-state index in [1.54, 1.807) is 0 Å². The maximum absolute atomic E-state index is 13.0. The number of alkyl halides is 3. The lowest BCUT2D eigenvalue weighted by Crippen LogP contribution is -2.20. The van der Waals surface area contributed by atoms with Crippen LogP contribution in [0.5, 0.6) is 5.75 Å². The predicted octanol–water partition coefficient (Wildman–Crippen LogP) is 3.61. The summed E-state index contributed by atoms with van der Waals surface area (Å²) >= 11 is 0. The van der Waals surface area contributed by atoms with Gasteiger partial charge in [0.25, 0.3) is 0 Å². The topological polar surface area (TPSA) is 67.8 Å². The first-order chi connectivity index (χ1) is 9.75. The molecule has 0 fully saturated rings. The highest BCUT2D eigenvalue weighted by molar-refractivity contribution is 5.98. The molecule has 4 nitrogen and oxygen atoms in total. The molecule has 21 heavy (non-hydrogen) atoms. The molecule has 0 radical (unpaired) electrons. The Morgan fingerprint density at radius 3 is 2.57 bits per heavy atom. The van der Waals surface area contributed by atoms with Crippen LogP contribution in [0.1, 0.15) is 37.8 Å². The lowest BCUT2D eigenvalue weighted by Gasteiger charge is -2.14. The SMILES string of the molecule is CC(C)CCCOc1ccc(/C(N)=N/O)c(C(F)(F)F)c1. The second-order valence-electron chi connectivity index (χ2n) is 5.07. The maximum Gasteiger partial charge on any atom is 0.417 e. The van der Waals surface area contributed by atoms with E-state index < -0.39 is 17.6 Å². The number of amidine groups is 1. The van der Waals surface area contributed by atoms with Gasteiger partial charge in [0.05, 0.1) is 12.2 Å². The first kappa shape index (κ1) is 17.1. The van der Waals surface area contributed by atoms with Crippen LogP contribution in [0.25, 0.3) is 0 Å². The Kier molecular flexibility index (Phi) is 5.87. The number of nitrogens with zero attached hydrogens (tertiary/aromatic N) is 1. The van der Waals surface area contributed by atoms with E-state index in [1.807, 2.05) is 0 Å². The summed E-state index contributed by atoms with van der Waals surface area (Å²) in [5.41, 5.74) is 3.89. The molecule has 0 bridgehead atoms. The Morgan fingerprint density at radius 1 is 1.38 bits per heavy atom. The van der Waals surface area contributed by atoms with Gasteiger partial charge in [-0.1, -0.05) is 19.0 Å². The van der Waals surface area contributed by atoms with Crippen molar-refractivity contribution in [3.05, 3.63) is 29.3 Å². The molecule has 0 spiro atoms. The fourth-order valence-electron chi connectivity index (χ4n) is 1.81. The number of oxime groups is 1. The van der Waals surface area contributed by atoms with Crippen molar-refractivity contribution >= 4 is 5.84 Å². The zero-order valence-electron chi connectivity index (χ0n) is 11.9. The van der Waals surface area contributed by atoms with Gasteiger partial charge in [0.1, 0.15) is 5.75 Å². The third-order valence-corrected chi connectivity index (χ3v) is 2.87.